The Morgan fingerprint density at radius 2 is 0.833 bits per heavy atom. The van der Waals surface area contributed by atoms with E-state index in [1.54, 1.807) is 0 Å². The summed E-state index contributed by atoms with van der Waals surface area (Å²) in [7, 11) is 19.9. The van der Waals surface area contributed by atoms with Crippen molar-refractivity contribution in [2.75, 3.05) is 0 Å². The van der Waals surface area contributed by atoms with Gasteiger partial charge in [0, 0.05) is 0 Å². The molecule has 0 rings (SSSR count). The molecule has 47 valence electrons. The molecule has 0 aromatic carbocycles. The van der Waals surface area contributed by atoms with E-state index in [1.165, 1.54) is 0 Å². The van der Waals surface area contributed by atoms with Crippen LogP contribution in [-0.2, 0) is 11.5 Å². The topological polar surface area (TPSA) is 36.5 Å². The molecule has 1 nitrogen and oxygen atoms in total. The number of halogens is 4. The summed E-state index contributed by atoms with van der Waals surface area (Å²) in [6.07, 6.45) is 0. The third-order valence-corrected chi connectivity index (χ3v) is 0. The second kappa shape index (κ2) is 3.74. The molecule has 0 radical (unpaired) electrons. The van der Waals surface area contributed by atoms with Crippen LogP contribution in [0.1, 0.15) is 0 Å². The van der Waals surface area contributed by atoms with Crippen molar-refractivity contribution >= 4 is 38.1 Å². The molecule has 0 aliphatic carbocycles. The van der Waals surface area contributed by atoms with Crippen LogP contribution in [0.15, 0.2) is 0 Å². The van der Waals surface area contributed by atoms with Crippen molar-refractivity contribution in [1.82, 2.24) is 6.15 Å². The van der Waals surface area contributed by atoms with Crippen LogP contribution >= 0.6 is 38.1 Å². The normalized spacial score (nSPS) is 12.7. The minimum Gasteiger partial charge on any atom is -0.369 e. The van der Waals surface area contributed by atoms with Crippen molar-refractivity contribution in [3.63, 3.8) is 0 Å². The molecule has 0 aromatic heterocycles. The average molecular weight is 266 g/mol. The van der Waals surface area contributed by atoms with Gasteiger partial charge in [0.25, 0.3) is 0 Å². The van der Waals surface area contributed by atoms with Gasteiger partial charge in [0.05, 0.1) is 0 Å². The monoisotopic (exact) mass is 264 g/mol. The largest absolute Gasteiger partial charge is 0.369 e. The first-order valence-corrected chi connectivity index (χ1v) is 8.49. The molecule has 6 heteroatoms. The smallest absolute Gasteiger partial charge is 0.369 e. The Balaban J connectivity index is 0. The van der Waals surface area contributed by atoms with E-state index in [2.05, 4.69) is 0 Å². The Morgan fingerprint density at radius 1 is 0.833 bits per heavy atom. The Labute approximate surface area is 55.4 Å². The van der Waals surface area contributed by atoms with Gasteiger partial charge in [-0.3, -0.25) is 0 Å². The van der Waals surface area contributed by atoms with Gasteiger partial charge in [-0.1, -0.05) is 0 Å². The van der Waals surface area contributed by atoms with Crippen molar-refractivity contribution in [3.8, 4) is 0 Å². The van der Waals surface area contributed by atoms with Crippen LogP contribution in [0, 0.1) is 0 Å². The second-order valence-electron chi connectivity index (χ2n) is 0.271. The zero-order chi connectivity index (χ0) is 4.50. The molecule has 0 atom stereocenters. The molecule has 0 saturated heterocycles. The molecule has 0 heterocycles. The fourth-order valence-electron chi connectivity index (χ4n) is 0. The van der Waals surface area contributed by atoms with Gasteiger partial charge in [0.15, 0.2) is 0 Å². The van der Waals surface area contributed by atoms with Crippen molar-refractivity contribution in [1.29, 1.82) is 0 Å². The van der Waals surface area contributed by atoms with Crippen LogP contribution in [-0.4, -0.2) is 0 Å². The SMILES string of the molecule is [Cl][Pd-]([Cl])([Cl])[Cl].[NH4+]. The molecule has 0 bridgehead atoms. The Kier molecular flexibility index (Phi) is 6.68. The van der Waals surface area contributed by atoms with E-state index in [-0.39, 0.29) is 6.15 Å². The average Bonchev–Trinajstić information content (AvgIpc) is 0.722. The number of rotatable bonds is 0. The summed E-state index contributed by atoms with van der Waals surface area (Å²) in [4.78, 5) is 0. The molecular weight excluding hydrogens is 262 g/mol. The second-order valence-corrected chi connectivity index (χ2v) is 14.4. The molecule has 0 aromatic rings. The molecular formula is H4Cl4NPd. The van der Waals surface area contributed by atoms with Gasteiger partial charge >= 0.3 is 49.6 Å². The third kappa shape index (κ3) is 41.6. The molecule has 0 unspecified atom stereocenters. The minimum absolute atomic E-state index is 0. The molecule has 4 N–H and O–H groups in total. The Morgan fingerprint density at radius 3 is 0.833 bits per heavy atom. The predicted octanol–water partition coefficient (Wildman–Crippen LogP) is 3.13. The molecule has 0 saturated carbocycles. The van der Waals surface area contributed by atoms with Crippen molar-refractivity contribution in [2.24, 2.45) is 0 Å². The first kappa shape index (κ1) is 10.7. The number of hydrogen-bond acceptors (Lipinski definition) is 0. The van der Waals surface area contributed by atoms with Crippen molar-refractivity contribution < 1.29 is 11.5 Å². The maximum atomic E-state index is 4.98. The van der Waals surface area contributed by atoms with Crippen LogP contribution < -0.4 is 6.15 Å². The molecule has 0 fully saturated rings. The summed E-state index contributed by atoms with van der Waals surface area (Å²) in [5, 5.41) is 0. The molecule has 0 aliphatic rings. The molecule has 0 aliphatic heterocycles. The van der Waals surface area contributed by atoms with Gasteiger partial charge in [-0.2, -0.15) is 0 Å². The number of quaternary nitrogens is 1. The minimum atomic E-state index is -2.81. The first-order valence-electron chi connectivity index (χ1n) is 0.478. The summed E-state index contributed by atoms with van der Waals surface area (Å²) in [6.45, 7) is 0. The van der Waals surface area contributed by atoms with E-state index in [0.717, 1.165) is 0 Å². The van der Waals surface area contributed by atoms with Gasteiger partial charge in [0.1, 0.15) is 0 Å². The summed E-state index contributed by atoms with van der Waals surface area (Å²) in [5.74, 6) is 0. The molecule has 0 amide bonds. The van der Waals surface area contributed by atoms with Crippen LogP contribution in [0.2, 0.25) is 0 Å². The van der Waals surface area contributed by atoms with Gasteiger partial charge in [0.2, 0.25) is 0 Å². The van der Waals surface area contributed by atoms with E-state index in [4.69, 9.17) is 38.1 Å². The third-order valence-electron chi connectivity index (χ3n) is 0. The van der Waals surface area contributed by atoms with Crippen molar-refractivity contribution in [3.05, 3.63) is 0 Å². The van der Waals surface area contributed by atoms with E-state index in [0.29, 0.717) is 0 Å². The van der Waals surface area contributed by atoms with E-state index in [1.807, 2.05) is 0 Å². The van der Waals surface area contributed by atoms with Crippen LogP contribution in [0.4, 0.5) is 0 Å². The molecule has 6 heavy (non-hydrogen) atoms. The number of hydrogen-bond donors (Lipinski definition) is 1. The summed E-state index contributed by atoms with van der Waals surface area (Å²) < 4.78 is 0. The maximum absolute atomic E-state index is 4.98. The Bertz CT molecular complexity index is 23.0. The first-order chi connectivity index (χ1) is 2.00. The fraction of sp³-hybridized carbons (Fsp3) is 0. The van der Waals surface area contributed by atoms with Gasteiger partial charge in [-0.25, -0.2) is 0 Å². The summed E-state index contributed by atoms with van der Waals surface area (Å²) in [5.41, 5.74) is 0. The quantitative estimate of drug-likeness (QED) is 0.654. The zero-order valence-electron chi connectivity index (χ0n) is 2.83. The van der Waals surface area contributed by atoms with Crippen molar-refractivity contribution in [2.45, 2.75) is 0 Å². The zero-order valence-corrected chi connectivity index (χ0v) is 7.41. The fourth-order valence-corrected chi connectivity index (χ4v) is 0. The van der Waals surface area contributed by atoms with E-state index >= 15 is 0 Å². The summed E-state index contributed by atoms with van der Waals surface area (Å²) in [6, 6.07) is 0. The maximum Gasteiger partial charge on any atom is -0.369 e. The van der Waals surface area contributed by atoms with Crippen LogP contribution in [0.3, 0.4) is 0 Å². The summed E-state index contributed by atoms with van der Waals surface area (Å²) >= 11 is -2.81. The van der Waals surface area contributed by atoms with Crippen LogP contribution in [0.25, 0.3) is 0 Å². The van der Waals surface area contributed by atoms with Gasteiger partial charge in [-0.05, 0) is 0 Å². The van der Waals surface area contributed by atoms with Gasteiger partial charge < -0.3 is 6.15 Å². The predicted molar refractivity (Wildman–Crippen MR) is 29.4 cm³/mol. The van der Waals surface area contributed by atoms with Gasteiger partial charge in [-0.15, -0.1) is 0 Å². The Hall–Kier alpha value is 1.78. The van der Waals surface area contributed by atoms with E-state index < -0.39 is 11.5 Å². The standard InChI is InChI=1S/4ClH.H3N.Pd/h4*1H;1H3;/q;;;;;+3/p-3. The van der Waals surface area contributed by atoms with E-state index in [9.17, 15) is 0 Å². The molecule has 0 spiro atoms. The van der Waals surface area contributed by atoms with Crippen LogP contribution in [0.5, 0.6) is 0 Å².